The highest BCUT2D eigenvalue weighted by Gasteiger charge is 1.95. The first kappa shape index (κ1) is 10.3. The summed E-state index contributed by atoms with van der Waals surface area (Å²) in [6.07, 6.45) is 3.58. The van der Waals surface area contributed by atoms with Gasteiger partial charge in [-0.3, -0.25) is 0 Å². The number of aromatic nitrogens is 2. The molecule has 4 nitrogen and oxygen atoms in total. The number of hydrogen-bond acceptors (Lipinski definition) is 5. The third-order valence-electron chi connectivity index (χ3n) is 1.53. The second-order valence-corrected chi connectivity index (χ2v) is 3.30. The smallest absolute Gasteiger partial charge is 0.130 e. The lowest BCUT2D eigenvalue weighted by Gasteiger charge is -2.04. The molecule has 72 valence electrons. The molecule has 0 saturated carbocycles. The van der Waals surface area contributed by atoms with Crippen molar-refractivity contribution in [2.24, 2.45) is 0 Å². The lowest BCUT2D eigenvalue weighted by Crippen LogP contribution is -2.18. The fraction of sp³-hybridized carbons (Fsp3) is 0.500. The second-order valence-electron chi connectivity index (χ2n) is 2.48. The van der Waals surface area contributed by atoms with E-state index in [1.165, 1.54) is 0 Å². The van der Waals surface area contributed by atoms with Crippen LogP contribution in [0.5, 0.6) is 0 Å². The third-order valence-corrected chi connectivity index (χ3v) is 2.17. The van der Waals surface area contributed by atoms with Crippen LogP contribution in [0.1, 0.15) is 0 Å². The predicted octanol–water partition coefficient (Wildman–Crippen LogP) is 0.830. The number of rotatable bonds is 5. The van der Waals surface area contributed by atoms with Gasteiger partial charge in [-0.05, 0) is 13.3 Å². The second kappa shape index (κ2) is 5.77. The van der Waals surface area contributed by atoms with Crippen LogP contribution in [0.15, 0.2) is 17.4 Å². The fourth-order valence-corrected chi connectivity index (χ4v) is 1.25. The molecule has 0 saturated heterocycles. The van der Waals surface area contributed by atoms with E-state index in [4.69, 9.17) is 0 Å². The van der Waals surface area contributed by atoms with Crippen molar-refractivity contribution < 1.29 is 0 Å². The summed E-state index contributed by atoms with van der Waals surface area (Å²) in [5.41, 5.74) is 0. The van der Waals surface area contributed by atoms with Crippen molar-refractivity contribution >= 4 is 17.6 Å². The topological polar surface area (TPSA) is 49.8 Å². The molecule has 0 amide bonds. The number of likely N-dealkylation sites (N-methyl/N-ethyl adjacent to an activating group) is 1. The minimum absolute atomic E-state index is 0.876. The summed E-state index contributed by atoms with van der Waals surface area (Å²) in [5, 5.41) is 7.24. The summed E-state index contributed by atoms with van der Waals surface area (Å²) in [5.74, 6) is 0.884. The maximum Gasteiger partial charge on any atom is 0.130 e. The molecule has 0 spiro atoms. The van der Waals surface area contributed by atoms with E-state index < -0.39 is 0 Å². The molecule has 0 bridgehead atoms. The number of nitrogens with zero attached hydrogens (tertiary/aromatic N) is 2. The Labute approximate surface area is 82.6 Å². The molecule has 0 unspecified atom stereocenters. The highest BCUT2D eigenvalue weighted by molar-refractivity contribution is 7.98. The molecule has 0 aliphatic rings. The quantitative estimate of drug-likeness (QED) is 0.417. The van der Waals surface area contributed by atoms with Crippen LogP contribution in [0.25, 0.3) is 0 Å². The predicted molar refractivity (Wildman–Crippen MR) is 56.2 cm³/mol. The van der Waals surface area contributed by atoms with Crippen molar-refractivity contribution in [2.45, 2.75) is 5.03 Å². The molecular formula is C8H14N4S. The van der Waals surface area contributed by atoms with Gasteiger partial charge in [-0.2, -0.15) is 0 Å². The Bertz CT molecular complexity index is 254. The van der Waals surface area contributed by atoms with Crippen LogP contribution in [0.4, 0.5) is 5.82 Å². The molecule has 13 heavy (non-hydrogen) atoms. The zero-order chi connectivity index (χ0) is 9.52. The first-order chi connectivity index (χ1) is 6.36. The Kier molecular flexibility index (Phi) is 4.56. The normalized spacial score (nSPS) is 10.0. The summed E-state index contributed by atoms with van der Waals surface area (Å²) in [7, 11) is 1.93. The van der Waals surface area contributed by atoms with Gasteiger partial charge >= 0.3 is 0 Å². The Morgan fingerprint density at radius 1 is 1.38 bits per heavy atom. The zero-order valence-electron chi connectivity index (χ0n) is 7.87. The number of hydrogen-bond donors (Lipinski definition) is 2. The van der Waals surface area contributed by atoms with E-state index in [0.29, 0.717) is 0 Å². The highest BCUT2D eigenvalue weighted by atomic mass is 32.2. The molecule has 2 N–H and O–H groups in total. The van der Waals surface area contributed by atoms with E-state index >= 15 is 0 Å². The van der Waals surface area contributed by atoms with Crippen molar-refractivity contribution in [1.29, 1.82) is 0 Å². The highest BCUT2D eigenvalue weighted by Crippen LogP contribution is 2.12. The van der Waals surface area contributed by atoms with Gasteiger partial charge in [0, 0.05) is 19.2 Å². The van der Waals surface area contributed by atoms with Crippen molar-refractivity contribution in [3.63, 3.8) is 0 Å². The van der Waals surface area contributed by atoms with Crippen molar-refractivity contribution in [3.05, 3.63) is 12.4 Å². The van der Waals surface area contributed by atoms with Crippen LogP contribution in [0.2, 0.25) is 0 Å². The number of thioether (sulfide) groups is 1. The summed E-state index contributed by atoms with van der Waals surface area (Å²) < 4.78 is 0. The van der Waals surface area contributed by atoms with Gasteiger partial charge in [0.1, 0.15) is 17.2 Å². The number of anilines is 1. The van der Waals surface area contributed by atoms with Gasteiger partial charge in [0.25, 0.3) is 0 Å². The van der Waals surface area contributed by atoms with E-state index in [1.807, 2.05) is 19.4 Å². The fourth-order valence-electron chi connectivity index (χ4n) is 0.863. The van der Waals surface area contributed by atoms with Gasteiger partial charge in [0.2, 0.25) is 0 Å². The van der Waals surface area contributed by atoms with Gasteiger partial charge in [0.05, 0.1) is 0 Å². The van der Waals surface area contributed by atoms with Crippen LogP contribution in [-0.2, 0) is 0 Å². The van der Waals surface area contributed by atoms with E-state index in [0.717, 1.165) is 23.9 Å². The van der Waals surface area contributed by atoms with Crippen molar-refractivity contribution in [2.75, 3.05) is 31.7 Å². The Morgan fingerprint density at radius 3 is 2.92 bits per heavy atom. The van der Waals surface area contributed by atoms with E-state index in [2.05, 4.69) is 20.6 Å². The standard InChI is InChI=1S/C8H14N4S/c1-9-3-4-10-7-5-8(13-2)12-6-11-7/h5-6,9H,3-4H2,1-2H3,(H,10,11,12). The van der Waals surface area contributed by atoms with Crippen LogP contribution >= 0.6 is 11.8 Å². The zero-order valence-corrected chi connectivity index (χ0v) is 8.69. The monoisotopic (exact) mass is 198 g/mol. The average Bonchev–Trinajstić information content (AvgIpc) is 2.19. The van der Waals surface area contributed by atoms with Gasteiger partial charge < -0.3 is 10.6 Å². The summed E-state index contributed by atoms with van der Waals surface area (Å²) in [4.78, 5) is 8.18. The van der Waals surface area contributed by atoms with Gasteiger partial charge in [-0.15, -0.1) is 11.8 Å². The van der Waals surface area contributed by atoms with Gasteiger partial charge in [-0.25, -0.2) is 9.97 Å². The molecule has 0 radical (unpaired) electrons. The molecule has 1 heterocycles. The molecule has 0 aromatic carbocycles. The van der Waals surface area contributed by atoms with Crippen LogP contribution < -0.4 is 10.6 Å². The Hall–Kier alpha value is -0.810. The van der Waals surface area contributed by atoms with Crippen LogP contribution in [0.3, 0.4) is 0 Å². The molecule has 0 fully saturated rings. The maximum absolute atomic E-state index is 4.10. The van der Waals surface area contributed by atoms with E-state index in [9.17, 15) is 0 Å². The van der Waals surface area contributed by atoms with Crippen LogP contribution in [0, 0.1) is 0 Å². The lowest BCUT2D eigenvalue weighted by atomic mass is 10.5. The Balaban J connectivity index is 2.46. The minimum atomic E-state index is 0.876. The molecule has 1 aromatic rings. The first-order valence-corrected chi connectivity index (χ1v) is 5.34. The van der Waals surface area contributed by atoms with Gasteiger partial charge in [-0.1, -0.05) is 0 Å². The molecule has 1 aromatic heterocycles. The van der Waals surface area contributed by atoms with E-state index in [-0.39, 0.29) is 0 Å². The molecule has 0 aliphatic heterocycles. The average molecular weight is 198 g/mol. The first-order valence-electron chi connectivity index (χ1n) is 4.11. The van der Waals surface area contributed by atoms with Crippen molar-refractivity contribution in [3.8, 4) is 0 Å². The molecule has 5 heteroatoms. The van der Waals surface area contributed by atoms with Gasteiger partial charge in [0.15, 0.2) is 0 Å². The van der Waals surface area contributed by atoms with Crippen molar-refractivity contribution in [1.82, 2.24) is 15.3 Å². The van der Waals surface area contributed by atoms with E-state index in [1.54, 1.807) is 18.1 Å². The number of nitrogens with one attached hydrogen (secondary N) is 2. The summed E-state index contributed by atoms with van der Waals surface area (Å²) >= 11 is 1.62. The molecule has 0 aliphatic carbocycles. The third kappa shape index (κ3) is 3.61. The Morgan fingerprint density at radius 2 is 2.23 bits per heavy atom. The SMILES string of the molecule is CNCCNc1cc(SC)ncn1. The molecule has 0 atom stereocenters. The molecule has 1 rings (SSSR count). The molecular weight excluding hydrogens is 184 g/mol. The summed E-state index contributed by atoms with van der Waals surface area (Å²) in [6.45, 7) is 1.81. The maximum atomic E-state index is 4.10. The largest absolute Gasteiger partial charge is 0.369 e. The lowest BCUT2D eigenvalue weighted by molar-refractivity contribution is 0.819. The summed E-state index contributed by atoms with van der Waals surface area (Å²) in [6, 6.07) is 1.94. The van der Waals surface area contributed by atoms with Crippen LogP contribution in [-0.4, -0.2) is 36.4 Å². The minimum Gasteiger partial charge on any atom is -0.369 e.